The first-order valence-electron chi connectivity index (χ1n) is 7.66. The lowest BCUT2D eigenvalue weighted by Gasteiger charge is -2.17. The molecule has 140 valence electrons. The number of ether oxygens (including phenoxy) is 1. The molecule has 10 heteroatoms. The topological polar surface area (TPSA) is 139 Å². The van der Waals surface area contributed by atoms with Crippen LogP contribution in [0.15, 0.2) is 41.5 Å². The van der Waals surface area contributed by atoms with Gasteiger partial charge in [-0.25, -0.2) is 9.18 Å². The van der Waals surface area contributed by atoms with Crippen molar-refractivity contribution in [2.45, 2.75) is 0 Å². The highest BCUT2D eigenvalue weighted by Gasteiger charge is 2.23. The molecule has 0 atom stereocenters. The lowest BCUT2D eigenvalue weighted by Crippen LogP contribution is -2.12. The van der Waals surface area contributed by atoms with Crippen molar-refractivity contribution in [3.05, 3.63) is 47.8 Å². The van der Waals surface area contributed by atoms with E-state index in [9.17, 15) is 9.59 Å². The number of benzene rings is 2. The van der Waals surface area contributed by atoms with Gasteiger partial charge in [0.1, 0.15) is 17.8 Å². The summed E-state index contributed by atoms with van der Waals surface area (Å²) in [6.07, 6.45) is 0.268. The van der Waals surface area contributed by atoms with E-state index >= 15 is 4.39 Å². The zero-order chi connectivity index (χ0) is 20.5. The summed E-state index contributed by atoms with van der Waals surface area (Å²) in [5, 5.41) is 26.0. The summed E-state index contributed by atoms with van der Waals surface area (Å²) < 4.78 is 19.9. The molecule has 0 aliphatic rings. The number of esters is 1. The van der Waals surface area contributed by atoms with Crippen LogP contribution in [-0.4, -0.2) is 25.2 Å². The number of para-hydroxylation sites is 1. The molecule has 0 fully saturated rings. The maximum Gasteiger partial charge on any atom is 0.340 e. The zero-order valence-electron chi connectivity index (χ0n) is 14.5. The van der Waals surface area contributed by atoms with Crippen LogP contribution < -0.4 is 16.1 Å². The number of carbonyl (C=O) groups excluding carboxylic acids is 2. The Kier molecular flexibility index (Phi) is 6.61. The van der Waals surface area contributed by atoms with Crippen LogP contribution in [0.1, 0.15) is 10.4 Å². The van der Waals surface area contributed by atoms with Crippen LogP contribution in [0.4, 0.5) is 27.1 Å². The Morgan fingerprint density at radius 1 is 1.21 bits per heavy atom. The van der Waals surface area contributed by atoms with Crippen molar-refractivity contribution >= 4 is 40.8 Å². The van der Waals surface area contributed by atoms with E-state index in [4.69, 9.17) is 10.5 Å². The van der Waals surface area contributed by atoms with E-state index in [0.717, 1.165) is 7.11 Å². The molecule has 2 rings (SSSR count). The number of anilines is 4. The van der Waals surface area contributed by atoms with E-state index in [2.05, 4.69) is 25.9 Å². The van der Waals surface area contributed by atoms with Crippen LogP contribution in [0.3, 0.4) is 0 Å². The van der Waals surface area contributed by atoms with Crippen molar-refractivity contribution in [3.63, 3.8) is 0 Å². The van der Waals surface area contributed by atoms with Crippen LogP contribution in [0.5, 0.6) is 0 Å². The summed E-state index contributed by atoms with van der Waals surface area (Å²) in [5.74, 6) is -1.84. The molecule has 0 unspecified atom stereocenters. The van der Waals surface area contributed by atoms with E-state index in [1.165, 1.54) is 18.2 Å². The largest absolute Gasteiger partial charge is 0.465 e. The Hall–Kier alpha value is -4.44. The molecule has 0 spiro atoms. The Morgan fingerprint density at radius 3 is 2.46 bits per heavy atom. The fraction of sp³-hybridized carbons (Fsp3) is 0.0556. The highest BCUT2D eigenvalue weighted by molar-refractivity contribution is 6.10. The summed E-state index contributed by atoms with van der Waals surface area (Å²) in [6, 6.07) is 12.6. The van der Waals surface area contributed by atoms with Crippen LogP contribution in [0.25, 0.3) is 0 Å². The fourth-order valence-corrected chi connectivity index (χ4v) is 2.18. The number of methoxy groups -OCH3 is 1. The summed E-state index contributed by atoms with van der Waals surface area (Å²) >= 11 is 0. The predicted octanol–water partition coefficient (Wildman–Crippen LogP) is 2.74. The first kappa shape index (κ1) is 19.9. The number of nitriles is 2. The maximum atomic E-state index is 15.2. The highest BCUT2D eigenvalue weighted by Crippen LogP contribution is 2.36. The van der Waals surface area contributed by atoms with Gasteiger partial charge >= 0.3 is 5.97 Å². The van der Waals surface area contributed by atoms with Gasteiger partial charge in [0.2, 0.25) is 12.1 Å². The van der Waals surface area contributed by atoms with Crippen LogP contribution in [0.2, 0.25) is 0 Å². The molecule has 2 aromatic rings. The summed E-state index contributed by atoms with van der Waals surface area (Å²) in [7, 11) is 1.13. The standard InChI is InChI=1S/C18H13FN6O3/c1-28-18(27)13-7-14(22-10-26)17(25-24-12(8-20)9-21)15(19)16(13)23-11-5-3-2-4-6-11/h2-7,10,23,25H,1H3,(H,22,26). The number of hydrogen-bond donors (Lipinski definition) is 3. The van der Waals surface area contributed by atoms with Gasteiger partial charge in [0, 0.05) is 5.69 Å². The number of nitrogens with one attached hydrogen (secondary N) is 3. The molecule has 0 aliphatic carbocycles. The fourth-order valence-electron chi connectivity index (χ4n) is 2.18. The molecule has 28 heavy (non-hydrogen) atoms. The monoisotopic (exact) mass is 380 g/mol. The predicted molar refractivity (Wildman–Crippen MR) is 99.4 cm³/mol. The van der Waals surface area contributed by atoms with E-state index in [1.54, 1.807) is 30.3 Å². The van der Waals surface area contributed by atoms with E-state index in [1.807, 2.05) is 0 Å². The normalized spacial score (nSPS) is 9.29. The third-order valence-electron chi connectivity index (χ3n) is 3.42. The molecule has 1 amide bonds. The van der Waals surface area contributed by atoms with Crippen LogP contribution in [0, 0.1) is 28.5 Å². The van der Waals surface area contributed by atoms with Crippen molar-refractivity contribution in [2.24, 2.45) is 5.10 Å². The molecule has 0 aromatic heterocycles. The molecular formula is C18H13FN6O3. The van der Waals surface area contributed by atoms with Crippen LogP contribution >= 0.6 is 0 Å². The quantitative estimate of drug-likeness (QED) is 0.290. The highest BCUT2D eigenvalue weighted by atomic mass is 19.1. The van der Waals surface area contributed by atoms with Gasteiger partial charge in [0.05, 0.1) is 24.0 Å². The van der Waals surface area contributed by atoms with E-state index in [-0.39, 0.29) is 29.0 Å². The minimum absolute atomic E-state index is 0.148. The molecular weight excluding hydrogens is 367 g/mol. The third kappa shape index (κ3) is 4.39. The average molecular weight is 380 g/mol. The minimum Gasteiger partial charge on any atom is -0.465 e. The number of amides is 1. The van der Waals surface area contributed by atoms with Crippen molar-refractivity contribution in [1.82, 2.24) is 0 Å². The molecule has 0 saturated carbocycles. The summed E-state index contributed by atoms with van der Waals surface area (Å²) in [4.78, 5) is 23.0. The van der Waals surface area contributed by atoms with Gasteiger partial charge in [-0.15, -0.1) is 0 Å². The Balaban J connectivity index is 2.66. The van der Waals surface area contributed by atoms with Crippen molar-refractivity contribution in [2.75, 3.05) is 23.2 Å². The van der Waals surface area contributed by atoms with Gasteiger partial charge in [-0.1, -0.05) is 18.2 Å². The van der Waals surface area contributed by atoms with Crippen molar-refractivity contribution < 1.29 is 18.7 Å². The number of nitrogens with zero attached hydrogens (tertiary/aromatic N) is 3. The molecule has 0 bridgehead atoms. The molecule has 0 aliphatic heterocycles. The Labute approximate surface area is 159 Å². The minimum atomic E-state index is -0.991. The molecule has 0 radical (unpaired) electrons. The summed E-state index contributed by atoms with van der Waals surface area (Å²) in [6.45, 7) is 0. The first-order valence-corrected chi connectivity index (χ1v) is 7.66. The Morgan fingerprint density at radius 2 is 1.89 bits per heavy atom. The number of halogens is 1. The average Bonchev–Trinajstić information content (AvgIpc) is 2.72. The molecule has 0 saturated heterocycles. The van der Waals surface area contributed by atoms with Gasteiger partial charge in [-0.05, 0) is 18.2 Å². The van der Waals surface area contributed by atoms with Gasteiger partial charge in [-0.2, -0.15) is 15.6 Å². The molecule has 3 N–H and O–H groups in total. The van der Waals surface area contributed by atoms with Crippen molar-refractivity contribution in [1.29, 1.82) is 10.5 Å². The van der Waals surface area contributed by atoms with Gasteiger partial charge < -0.3 is 15.4 Å². The van der Waals surface area contributed by atoms with Crippen LogP contribution in [-0.2, 0) is 9.53 Å². The summed E-state index contributed by atoms with van der Waals surface area (Å²) in [5.41, 5.74) is 1.20. The number of hydrazone groups is 1. The lowest BCUT2D eigenvalue weighted by atomic mass is 10.1. The lowest BCUT2D eigenvalue weighted by molar-refractivity contribution is -0.105. The van der Waals surface area contributed by atoms with E-state index in [0.29, 0.717) is 5.69 Å². The van der Waals surface area contributed by atoms with Gasteiger partial charge in [0.25, 0.3) is 0 Å². The zero-order valence-corrected chi connectivity index (χ0v) is 14.5. The molecule has 2 aromatic carbocycles. The second-order valence-corrected chi connectivity index (χ2v) is 5.08. The number of carbonyl (C=O) groups is 2. The number of rotatable bonds is 7. The Bertz CT molecular complexity index is 993. The smallest absolute Gasteiger partial charge is 0.340 e. The first-order chi connectivity index (χ1) is 13.5. The second-order valence-electron chi connectivity index (χ2n) is 5.08. The molecule has 9 nitrogen and oxygen atoms in total. The second kappa shape index (κ2) is 9.31. The number of hydrogen-bond acceptors (Lipinski definition) is 8. The van der Waals surface area contributed by atoms with Crippen molar-refractivity contribution in [3.8, 4) is 12.1 Å². The van der Waals surface area contributed by atoms with Gasteiger partial charge in [-0.3, -0.25) is 10.2 Å². The third-order valence-corrected chi connectivity index (χ3v) is 3.42. The maximum absolute atomic E-state index is 15.2. The van der Waals surface area contributed by atoms with E-state index < -0.39 is 17.5 Å². The SMILES string of the molecule is COC(=O)c1cc(NC=O)c(NN=C(C#N)C#N)c(F)c1Nc1ccccc1. The molecule has 0 heterocycles. The van der Waals surface area contributed by atoms with Gasteiger partial charge in [0.15, 0.2) is 5.82 Å².